The number of anilines is 1. The van der Waals surface area contributed by atoms with Gasteiger partial charge < -0.3 is 15.4 Å². The first-order valence-electron chi connectivity index (χ1n) is 9.10. The van der Waals surface area contributed by atoms with E-state index in [1.807, 2.05) is 0 Å². The number of ether oxygens (including phenoxy) is 1. The van der Waals surface area contributed by atoms with E-state index >= 15 is 0 Å². The molecule has 144 valence electrons. The molecule has 1 atom stereocenters. The molecule has 1 saturated heterocycles. The molecule has 2 amide bonds. The van der Waals surface area contributed by atoms with Crippen molar-refractivity contribution in [3.63, 3.8) is 0 Å². The van der Waals surface area contributed by atoms with Crippen LogP contribution in [0, 0.1) is 5.82 Å². The lowest BCUT2D eigenvalue weighted by Crippen LogP contribution is -2.32. The molecule has 2 heterocycles. The first-order chi connectivity index (χ1) is 13.6. The van der Waals surface area contributed by atoms with E-state index in [-0.39, 0.29) is 23.7 Å². The largest absolute Gasteiger partial charge is 0.376 e. The molecule has 1 aliphatic heterocycles. The van der Waals surface area contributed by atoms with Gasteiger partial charge in [0.1, 0.15) is 5.82 Å². The topological polar surface area (TPSA) is 67.4 Å². The summed E-state index contributed by atoms with van der Waals surface area (Å²) in [5, 5.41) is 6.05. The van der Waals surface area contributed by atoms with Crippen LogP contribution in [0.15, 0.2) is 48.5 Å². The van der Waals surface area contributed by atoms with Crippen molar-refractivity contribution in [2.45, 2.75) is 18.9 Å². The number of amides is 2. The molecule has 0 radical (unpaired) electrons. The van der Waals surface area contributed by atoms with Crippen molar-refractivity contribution in [2.24, 2.45) is 0 Å². The number of hydrogen-bond acceptors (Lipinski definition) is 4. The van der Waals surface area contributed by atoms with E-state index in [1.165, 1.54) is 23.5 Å². The molecule has 2 N–H and O–H groups in total. The van der Waals surface area contributed by atoms with Gasteiger partial charge in [0.25, 0.3) is 11.8 Å². The summed E-state index contributed by atoms with van der Waals surface area (Å²) in [5.74, 6) is -1.00. The highest BCUT2D eigenvalue weighted by molar-refractivity contribution is 7.20. The van der Waals surface area contributed by atoms with Crippen LogP contribution < -0.4 is 10.6 Å². The number of nitrogens with one attached hydrogen (secondary N) is 2. The SMILES string of the molecule is O=C(Nc1ccccc1C(=O)NCC1CCCO1)c1cc2c(F)cccc2s1. The fourth-order valence-corrected chi connectivity index (χ4v) is 4.19. The van der Waals surface area contributed by atoms with Crippen LogP contribution in [-0.2, 0) is 4.74 Å². The van der Waals surface area contributed by atoms with Crippen molar-refractivity contribution in [2.75, 3.05) is 18.5 Å². The van der Waals surface area contributed by atoms with Gasteiger partial charge in [-0.25, -0.2) is 4.39 Å². The van der Waals surface area contributed by atoms with E-state index in [1.54, 1.807) is 36.4 Å². The Kier molecular flexibility index (Phi) is 5.36. The number of fused-ring (bicyclic) bond motifs is 1. The lowest BCUT2D eigenvalue weighted by atomic mass is 10.1. The van der Waals surface area contributed by atoms with Gasteiger partial charge in [0.05, 0.1) is 22.2 Å². The number of carbonyl (C=O) groups excluding carboxylic acids is 2. The lowest BCUT2D eigenvalue weighted by molar-refractivity contribution is 0.0858. The number of benzene rings is 2. The minimum atomic E-state index is -0.375. The van der Waals surface area contributed by atoms with Gasteiger partial charge in [0.15, 0.2) is 0 Å². The number of halogens is 1. The van der Waals surface area contributed by atoms with E-state index in [9.17, 15) is 14.0 Å². The quantitative estimate of drug-likeness (QED) is 0.677. The highest BCUT2D eigenvalue weighted by atomic mass is 32.1. The molecule has 1 unspecified atom stereocenters. The molecule has 0 spiro atoms. The van der Waals surface area contributed by atoms with Crippen molar-refractivity contribution in [1.82, 2.24) is 5.32 Å². The van der Waals surface area contributed by atoms with Crippen LogP contribution in [0.25, 0.3) is 10.1 Å². The van der Waals surface area contributed by atoms with Crippen molar-refractivity contribution in [3.8, 4) is 0 Å². The minimum Gasteiger partial charge on any atom is -0.376 e. The van der Waals surface area contributed by atoms with Crippen LogP contribution in [0.3, 0.4) is 0 Å². The van der Waals surface area contributed by atoms with Gasteiger partial charge in [0.2, 0.25) is 0 Å². The zero-order chi connectivity index (χ0) is 19.5. The average molecular weight is 398 g/mol. The maximum Gasteiger partial charge on any atom is 0.265 e. The van der Waals surface area contributed by atoms with Crippen molar-refractivity contribution < 1.29 is 18.7 Å². The molecule has 28 heavy (non-hydrogen) atoms. The third kappa shape index (κ3) is 3.90. The lowest BCUT2D eigenvalue weighted by Gasteiger charge is -2.13. The molecule has 0 saturated carbocycles. The predicted molar refractivity (Wildman–Crippen MR) is 107 cm³/mol. The molecule has 1 aliphatic rings. The zero-order valence-corrected chi connectivity index (χ0v) is 15.9. The molecule has 3 aromatic rings. The van der Waals surface area contributed by atoms with Gasteiger partial charge in [-0.15, -0.1) is 11.3 Å². The van der Waals surface area contributed by atoms with Gasteiger partial charge >= 0.3 is 0 Å². The highest BCUT2D eigenvalue weighted by Crippen LogP contribution is 2.28. The summed E-state index contributed by atoms with van der Waals surface area (Å²) >= 11 is 1.21. The summed E-state index contributed by atoms with van der Waals surface area (Å²) in [6.45, 7) is 1.17. The molecule has 4 rings (SSSR count). The summed E-state index contributed by atoms with van der Waals surface area (Å²) in [7, 11) is 0. The molecule has 7 heteroatoms. The summed E-state index contributed by atoms with van der Waals surface area (Å²) in [6.07, 6.45) is 1.98. The first kappa shape index (κ1) is 18.6. The number of para-hydroxylation sites is 1. The molecule has 0 bridgehead atoms. The smallest absolute Gasteiger partial charge is 0.265 e. The normalized spacial score (nSPS) is 16.2. The number of hydrogen-bond donors (Lipinski definition) is 2. The molecule has 0 aliphatic carbocycles. The first-order valence-corrected chi connectivity index (χ1v) is 9.92. The molecular weight excluding hydrogens is 379 g/mol. The third-order valence-corrected chi connectivity index (χ3v) is 5.77. The Hall–Kier alpha value is -2.77. The summed E-state index contributed by atoms with van der Waals surface area (Å²) in [6, 6.07) is 13.1. The van der Waals surface area contributed by atoms with Crippen LogP contribution in [0.1, 0.15) is 32.9 Å². The van der Waals surface area contributed by atoms with Gasteiger partial charge in [-0.1, -0.05) is 18.2 Å². The molecular formula is C21H19FN2O3S. The van der Waals surface area contributed by atoms with E-state index < -0.39 is 0 Å². The zero-order valence-electron chi connectivity index (χ0n) is 15.0. The number of thiophene rings is 1. The Bertz CT molecular complexity index is 1030. The van der Waals surface area contributed by atoms with E-state index in [0.29, 0.717) is 32.8 Å². The van der Waals surface area contributed by atoms with E-state index in [2.05, 4.69) is 10.6 Å². The fraction of sp³-hybridized carbons (Fsp3) is 0.238. The van der Waals surface area contributed by atoms with Crippen LogP contribution in [0.4, 0.5) is 10.1 Å². The van der Waals surface area contributed by atoms with E-state index in [4.69, 9.17) is 4.74 Å². The second-order valence-electron chi connectivity index (χ2n) is 6.61. The molecule has 1 aromatic heterocycles. The maximum absolute atomic E-state index is 13.9. The predicted octanol–water partition coefficient (Wildman–Crippen LogP) is 4.20. The summed E-state index contributed by atoms with van der Waals surface area (Å²) in [4.78, 5) is 25.6. The van der Waals surface area contributed by atoms with Crippen molar-refractivity contribution in [3.05, 3.63) is 64.8 Å². The van der Waals surface area contributed by atoms with Gasteiger partial charge in [0, 0.05) is 23.2 Å². The van der Waals surface area contributed by atoms with Crippen molar-refractivity contribution >= 4 is 38.9 Å². The second-order valence-corrected chi connectivity index (χ2v) is 7.69. The average Bonchev–Trinajstić information content (AvgIpc) is 3.37. The second kappa shape index (κ2) is 8.08. The van der Waals surface area contributed by atoms with Crippen LogP contribution >= 0.6 is 11.3 Å². The van der Waals surface area contributed by atoms with E-state index in [0.717, 1.165) is 19.4 Å². The summed E-state index contributed by atoms with van der Waals surface area (Å²) < 4.78 is 20.1. The van der Waals surface area contributed by atoms with Crippen LogP contribution in [0.2, 0.25) is 0 Å². The highest BCUT2D eigenvalue weighted by Gasteiger charge is 2.19. The fourth-order valence-electron chi connectivity index (χ4n) is 3.22. The standard InChI is InChI=1S/C21H19FN2O3S/c22-16-7-3-9-18-15(16)11-19(28-18)21(26)24-17-8-2-1-6-14(17)20(25)23-12-13-5-4-10-27-13/h1-3,6-9,11,13H,4-5,10,12H2,(H,23,25)(H,24,26). The minimum absolute atomic E-state index is 0.0409. The Balaban J connectivity index is 1.50. The van der Waals surface area contributed by atoms with Gasteiger partial charge in [-0.05, 0) is 43.2 Å². The van der Waals surface area contributed by atoms with Crippen LogP contribution in [-0.4, -0.2) is 31.1 Å². The summed E-state index contributed by atoms with van der Waals surface area (Å²) in [5.41, 5.74) is 0.788. The molecule has 2 aromatic carbocycles. The number of rotatable bonds is 5. The van der Waals surface area contributed by atoms with Gasteiger partial charge in [-0.2, -0.15) is 0 Å². The maximum atomic E-state index is 13.9. The molecule has 5 nitrogen and oxygen atoms in total. The van der Waals surface area contributed by atoms with Crippen LogP contribution in [0.5, 0.6) is 0 Å². The monoisotopic (exact) mass is 398 g/mol. The molecule has 1 fully saturated rings. The Labute approximate surface area is 165 Å². The Morgan fingerprint density at radius 1 is 1.14 bits per heavy atom. The van der Waals surface area contributed by atoms with Crippen molar-refractivity contribution in [1.29, 1.82) is 0 Å². The number of carbonyl (C=O) groups is 2. The van der Waals surface area contributed by atoms with Gasteiger partial charge in [-0.3, -0.25) is 9.59 Å². The Morgan fingerprint density at radius 2 is 2.00 bits per heavy atom. The third-order valence-electron chi connectivity index (χ3n) is 4.67. The Morgan fingerprint density at radius 3 is 2.79 bits per heavy atom.